The van der Waals surface area contributed by atoms with Gasteiger partial charge in [-0.2, -0.15) is 0 Å². The molecule has 24 heavy (non-hydrogen) atoms. The molecule has 0 aliphatic rings. The SMILES string of the molecule is CC(N)C(C)C(=O)NCc1ccc(COc2ccccc2)cc1.Cl. The van der Waals surface area contributed by atoms with Crippen LogP contribution in [0.3, 0.4) is 0 Å². The van der Waals surface area contributed by atoms with Crippen LogP contribution in [0, 0.1) is 5.92 Å². The average molecular weight is 349 g/mol. The van der Waals surface area contributed by atoms with Crippen molar-refractivity contribution in [2.75, 3.05) is 0 Å². The number of carbonyl (C=O) groups is 1. The summed E-state index contributed by atoms with van der Waals surface area (Å²) >= 11 is 0. The van der Waals surface area contributed by atoms with Gasteiger partial charge in [-0.05, 0) is 30.2 Å². The molecule has 0 saturated heterocycles. The Kier molecular flexibility index (Phi) is 8.30. The Hall–Kier alpha value is -2.04. The molecule has 2 unspecified atom stereocenters. The molecule has 5 heteroatoms. The van der Waals surface area contributed by atoms with Gasteiger partial charge in [0, 0.05) is 18.5 Å². The number of hydrogen-bond acceptors (Lipinski definition) is 3. The standard InChI is InChI=1S/C19H24N2O2.ClH/c1-14(15(2)20)19(22)21-12-16-8-10-17(11-9-16)13-23-18-6-4-3-5-7-18;/h3-11,14-15H,12-13,20H2,1-2H3,(H,21,22);1H. The van der Waals surface area contributed by atoms with Crippen molar-refractivity contribution in [3.8, 4) is 5.75 Å². The van der Waals surface area contributed by atoms with Crippen molar-refractivity contribution < 1.29 is 9.53 Å². The third-order valence-electron chi connectivity index (χ3n) is 3.84. The summed E-state index contributed by atoms with van der Waals surface area (Å²) in [5.74, 6) is 0.652. The van der Waals surface area contributed by atoms with Crippen LogP contribution in [0.5, 0.6) is 5.75 Å². The zero-order chi connectivity index (χ0) is 16.7. The van der Waals surface area contributed by atoms with E-state index in [1.54, 1.807) is 0 Å². The van der Waals surface area contributed by atoms with Crippen molar-refractivity contribution in [2.24, 2.45) is 11.7 Å². The van der Waals surface area contributed by atoms with Crippen LogP contribution in [-0.4, -0.2) is 11.9 Å². The predicted molar refractivity (Wildman–Crippen MR) is 99.1 cm³/mol. The maximum atomic E-state index is 11.9. The Morgan fingerprint density at radius 1 is 1.04 bits per heavy atom. The zero-order valence-corrected chi connectivity index (χ0v) is 14.9. The molecule has 0 bridgehead atoms. The summed E-state index contributed by atoms with van der Waals surface area (Å²) in [5.41, 5.74) is 7.88. The molecule has 130 valence electrons. The van der Waals surface area contributed by atoms with Gasteiger partial charge in [0.1, 0.15) is 12.4 Å². The molecule has 0 radical (unpaired) electrons. The minimum atomic E-state index is -0.187. The first-order chi connectivity index (χ1) is 11.1. The van der Waals surface area contributed by atoms with Gasteiger partial charge in [-0.3, -0.25) is 4.79 Å². The number of para-hydroxylation sites is 1. The van der Waals surface area contributed by atoms with Crippen molar-refractivity contribution >= 4 is 18.3 Å². The number of amides is 1. The van der Waals surface area contributed by atoms with Gasteiger partial charge >= 0.3 is 0 Å². The lowest BCUT2D eigenvalue weighted by Gasteiger charge is -2.15. The summed E-state index contributed by atoms with van der Waals surface area (Å²) in [6.07, 6.45) is 0. The summed E-state index contributed by atoms with van der Waals surface area (Å²) in [7, 11) is 0. The van der Waals surface area contributed by atoms with Gasteiger partial charge in [0.2, 0.25) is 5.91 Å². The molecule has 0 aliphatic heterocycles. The molecule has 2 aromatic rings. The van der Waals surface area contributed by atoms with Gasteiger partial charge in [-0.15, -0.1) is 12.4 Å². The highest BCUT2D eigenvalue weighted by atomic mass is 35.5. The van der Waals surface area contributed by atoms with Crippen molar-refractivity contribution in [3.63, 3.8) is 0 Å². The quantitative estimate of drug-likeness (QED) is 0.807. The second kappa shape index (κ2) is 9.96. The van der Waals surface area contributed by atoms with E-state index in [2.05, 4.69) is 5.32 Å². The van der Waals surface area contributed by atoms with Crippen LogP contribution in [0.15, 0.2) is 54.6 Å². The maximum absolute atomic E-state index is 11.9. The highest BCUT2D eigenvalue weighted by Crippen LogP contribution is 2.12. The van der Waals surface area contributed by atoms with E-state index in [1.807, 2.05) is 68.4 Å². The van der Waals surface area contributed by atoms with Crippen LogP contribution in [0.4, 0.5) is 0 Å². The fourth-order valence-electron chi connectivity index (χ4n) is 2.03. The second-order valence-electron chi connectivity index (χ2n) is 5.78. The number of benzene rings is 2. The largest absolute Gasteiger partial charge is 0.489 e. The molecule has 0 aliphatic carbocycles. The van der Waals surface area contributed by atoms with Gasteiger partial charge in [0.15, 0.2) is 0 Å². The van der Waals surface area contributed by atoms with E-state index >= 15 is 0 Å². The third kappa shape index (κ3) is 6.22. The summed E-state index contributed by atoms with van der Waals surface area (Å²) in [5, 5.41) is 2.91. The van der Waals surface area contributed by atoms with Crippen LogP contribution in [-0.2, 0) is 17.9 Å². The Labute approximate surface area is 149 Å². The number of ether oxygens (including phenoxy) is 1. The molecule has 1 amide bonds. The number of hydrogen-bond donors (Lipinski definition) is 2. The first-order valence-electron chi connectivity index (χ1n) is 7.85. The van der Waals surface area contributed by atoms with Crippen molar-refractivity contribution in [1.29, 1.82) is 0 Å². The molecule has 4 nitrogen and oxygen atoms in total. The van der Waals surface area contributed by atoms with E-state index in [4.69, 9.17) is 10.5 Å². The van der Waals surface area contributed by atoms with Crippen LogP contribution < -0.4 is 15.8 Å². The molecule has 0 saturated carbocycles. The van der Waals surface area contributed by atoms with Crippen LogP contribution >= 0.6 is 12.4 Å². The van der Waals surface area contributed by atoms with Gasteiger partial charge in [-0.1, -0.05) is 49.4 Å². The van der Waals surface area contributed by atoms with Gasteiger partial charge < -0.3 is 15.8 Å². The van der Waals surface area contributed by atoms with Crippen LogP contribution in [0.2, 0.25) is 0 Å². The van der Waals surface area contributed by atoms with Crippen molar-refractivity contribution in [1.82, 2.24) is 5.32 Å². The highest BCUT2D eigenvalue weighted by molar-refractivity contribution is 5.85. The molecule has 3 N–H and O–H groups in total. The normalized spacial score (nSPS) is 12.6. The van der Waals surface area contributed by atoms with E-state index in [9.17, 15) is 4.79 Å². The first kappa shape index (κ1) is 20.0. The molecule has 2 atom stereocenters. The fourth-order valence-corrected chi connectivity index (χ4v) is 2.03. The summed E-state index contributed by atoms with van der Waals surface area (Å²) < 4.78 is 5.70. The average Bonchev–Trinajstić information content (AvgIpc) is 2.59. The molecule has 0 heterocycles. The van der Waals surface area contributed by atoms with Gasteiger partial charge in [0.25, 0.3) is 0 Å². The van der Waals surface area contributed by atoms with Gasteiger partial charge in [-0.25, -0.2) is 0 Å². The topological polar surface area (TPSA) is 64.4 Å². The first-order valence-corrected chi connectivity index (χ1v) is 7.85. The molecular weight excluding hydrogens is 324 g/mol. The minimum Gasteiger partial charge on any atom is -0.489 e. The Balaban J connectivity index is 0.00000288. The lowest BCUT2D eigenvalue weighted by Crippen LogP contribution is -2.38. The predicted octanol–water partition coefficient (Wildman–Crippen LogP) is 3.29. The number of carbonyl (C=O) groups excluding carboxylic acids is 1. The van der Waals surface area contributed by atoms with E-state index in [0.717, 1.165) is 16.9 Å². The number of rotatable bonds is 7. The van der Waals surface area contributed by atoms with E-state index in [-0.39, 0.29) is 30.3 Å². The van der Waals surface area contributed by atoms with Crippen LogP contribution in [0.25, 0.3) is 0 Å². The maximum Gasteiger partial charge on any atom is 0.224 e. The van der Waals surface area contributed by atoms with Crippen LogP contribution in [0.1, 0.15) is 25.0 Å². The molecule has 0 fully saturated rings. The van der Waals surface area contributed by atoms with Crippen molar-refractivity contribution in [2.45, 2.75) is 33.0 Å². The number of nitrogens with two attached hydrogens (primary N) is 1. The molecule has 2 aromatic carbocycles. The van der Waals surface area contributed by atoms with Crippen molar-refractivity contribution in [3.05, 3.63) is 65.7 Å². The highest BCUT2D eigenvalue weighted by Gasteiger charge is 2.16. The second-order valence-corrected chi connectivity index (χ2v) is 5.78. The third-order valence-corrected chi connectivity index (χ3v) is 3.84. The number of halogens is 1. The minimum absolute atomic E-state index is 0. The monoisotopic (exact) mass is 348 g/mol. The summed E-state index contributed by atoms with van der Waals surface area (Å²) in [6, 6.07) is 17.6. The Morgan fingerprint density at radius 2 is 1.62 bits per heavy atom. The molecule has 0 aromatic heterocycles. The Morgan fingerprint density at radius 3 is 2.21 bits per heavy atom. The molecule has 0 spiro atoms. The lowest BCUT2D eigenvalue weighted by atomic mass is 10.0. The molecule has 2 rings (SSSR count). The zero-order valence-electron chi connectivity index (χ0n) is 14.1. The van der Waals surface area contributed by atoms with E-state index in [1.165, 1.54) is 0 Å². The smallest absolute Gasteiger partial charge is 0.224 e. The lowest BCUT2D eigenvalue weighted by molar-refractivity contribution is -0.125. The van der Waals surface area contributed by atoms with E-state index in [0.29, 0.717) is 13.2 Å². The number of nitrogens with one attached hydrogen (secondary N) is 1. The van der Waals surface area contributed by atoms with Gasteiger partial charge in [0.05, 0.1) is 0 Å². The Bertz CT molecular complexity index is 615. The van der Waals surface area contributed by atoms with E-state index < -0.39 is 0 Å². The fraction of sp³-hybridized carbons (Fsp3) is 0.316. The summed E-state index contributed by atoms with van der Waals surface area (Å²) in [6.45, 7) is 4.71. The molecular formula is C19H25ClN2O2. The summed E-state index contributed by atoms with van der Waals surface area (Å²) in [4.78, 5) is 11.9.